The van der Waals surface area contributed by atoms with E-state index in [0.717, 1.165) is 18.5 Å². The van der Waals surface area contributed by atoms with Crippen LogP contribution in [0, 0.1) is 0 Å². The van der Waals surface area contributed by atoms with Crippen molar-refractivity contribution in [2.24, 2.45) is 0 Å². The smallest absolute Gasteiger partial charge is 0.328 e. The number of carbonyl (C=O) groups excluding carboxylic acids is 2. The maximum absolute atomic E-state index is 13.4. The number of likely N-dealkylation sites (N-methyl/N-ethyl adjacent to an activating group) is 1. The molecule has 0 radical (unpaired) electrons. The van der Waals surface area contributed by atoms with Gasteiger partial charge in [0.05, 0.1) is 41.7 Å². The van der Waals surface area contributed by atoms with Gasteiger partial charge < -0.3 is 33.3 Å². The van der Waals surface area contributed by atoms with Gasteiger partial charge in [0.25, 0.3) is 0 Å². The molecule has 0 saturated carbocycles. The molecule has 0 aliphatic carbocycles. The number of esters is 2. The molecular weight excluding hydrogens is 490 g/mol. The highest BCUT2D eigenvalue weighted by molar-refractivity contribution is 6.06. The Bertz CT molecular complexity index is 1040. The summed E-state index contributed by atoms with van der Waals surface area (Å²) in [6.45, 7) is 5.13. The third-order valence-corrected chi connectivity index (χ3v) is 6.45. The summed E-state index contributed by atoms with van der Waals surface area (Å²) < 4.78 is 32.3. The molecule has 0 heterocycles. The fourth-order valence-electron chi connectivity index (χ4n) is 4.36. The van der Waals surface area contributed by atoms with Crippen molar-refractivity contribution in [3.8, 4) is 23.0 Å². The van der Waals surface area contributed by atoms with Crippen LogP contribution < -0.4 is 18.9 Å². The Kier molecular flexibility index (Phi) is 12.2. The number of hydrogen-bond donors (Lipinski definition) is 0. The molecule has 0 aliphatic heterocycles. The molecule has 0 fully saturated rings. The zero-order chi connectivity index (χ0) is 28.1. The monoisotopic (exact) mass is 531 g/mol. The van der Waals surface area contributed by atoms with E-state index in [0.29, 0.717) is 41.5 Å². The van der Waals surface area contributed by atoms with Crippen LogP contribution in [0.25, 0.3) is 0 Å². The lowest BCUT2D eigenvalue weighted by Crippen LogP contribution is -2.46. The first kappa shape index (κ1) is 30.8. The van der Waals surface area contributed by atoms with E-state index in [1.54, 1.807) is 46.3 Å². The SMILES string of the molecule is CCOC(=O)C(CCCN(C)CCc1ccc(OC)c(OC)c1)(C(=O)OCC)c1ccc(OC)c(OC)c1. The van der Waals surface area contributed by atoms with Crippen LogP contribution in [0.4, 0.5) is 0 Å². The molecule has 38 heavy (non-hydrogen) atoms. The Morgan fingerprint density at radius 3 is 1.79 bits per heavy atom. The lowest BCUT2D eigenvalue weighted by molar-refractivity contribution is -0.165. The quantitative estimate of drug-likeness (QED) is 0.235. The summed E-state index contributed by atoms with van der Waals surface area (Å²) in [7, 11) is 8.27. The number of methoxy groups -OCH3 is 4. The van der Waals surface area contributed by atoms with E-state index in [1.807, 2.05) is 25.2 Å². The first-order valence-corrected chi connectivity index (χ1v) is 12.8. The van der Waals surface area contributed by atoms with Gasteiger partial charge in [0.1, 0.15) is 0 Å². The Morgan fingerprint density at radius 2 is 1.26 bits per heavy atom. The largest absolute Gasteiger partial charge is 0.493 e. The molecule has 0 amide bonds. The Morgan fingerprint density at radius 1 is 0.737 bits per heavy atom. The van der Waals surface area contributed by atoms with Gasteiger partial charge in [-0.05, 0) is 82.1 Å². The van der Waals surface area contributed by atoms with Crippen LogP contribution in [-0.2, 0) is 30.9 Å². The van der Waals surface area contributed by atoms with Crippen molar-refractivity contribution < 1.29 is 38.0 Å². The van der Waals surface area contributed by atoms with E-state index in [-0.39, 0.29) is 19.6 Å². The molecule has 0 aromatic heterocycles. The standard InChI is InChI=1S/C29H41NO8/c1-8-37-27(31)29(28(32)38-9-2,22-12-14-24(34-5)26(20-22)36-7)16-10-17-30(3)18-15-21-11-13-23(33-4)25(19-21)35-6/h11-14,19-20H,8-10,15-18H2,1-7H3. The van der Waals surface area contributed by atoms with Crippen LogP contribution in [0.5, 0.6) is 23.0 Å². The third kappa shape index (κ3) is 7.31. The van der Waals surface area contributed by atoms with Crippen LogP contribution in [0.3, 0.4) is 0 Å². The minimum absolute atomic E-state index is 0.137. The van der Waals surface area contributed by atoms with Crippen molar-refractivity contribution in [3.05, 3.63) is 47.5 Å². The van der Waals surface area contributed by atoms with E-state index in [2.05, 4.69) is 4.90 Å². The topological polar surface area (TPSA) is 92.8 Å². The second-order valence-corrected chi connectivity index (χ2v) is 8.76. The summed E-state index contributed by atoms with van der Waals surface area (Å²) >= 11 is 0. The molecule has 0 atom stereocenters. The molecule has 0 bridgehead atoms. The molecule has 210 valence electrons. The second kappa shape index (κ2) is 15.1. The summed E-state index contributed by atoms with van der Waals surface area (Å²) in [4.78, 5) is 29.0. The molecule has 0 N–H and O–H groups in total. The first-order valence-electron chi connectivity index (χ1n) is 12.8. The number of ether oxygens (including phenoxy) is 6. The van der Waals surface area contributed by atoms with Crippen LogP contribution >= 0.6 is 0 Å². The van der Waals surface area contributed by atoms with Gasteiger partial charge in [0.2, 0.25) is 0 Å². The summed E-state index contributed by atoms with van der Waals surface area (Å²) in [6, 6.07) is 10.9. The molecule has 2 aromatic rings. The zero-order valence-corrected chi connectivity index (χ0v) is 23.6. The van der Waals surface area contributed by atoms with Crippen molar-refractivity contribution in [1.29, 1.82) is 0 Å². The summed E-state index contributed by atoms with van der Waals surface area (Å²) in [5, 5.41) is 0. The lowest BCUT2D eigenvalue weighted by atomic mass is 9.76. The van der Waals surface area contributed by atoms with Crippen molar-refractivity contribution >= 4 is 11.9 Å². The van der Waals surface area contributed by atoms with Crippen LogP contribution in [-0.4, -0.2) is 78.6 Å². The predicted octanol–water partition coefficient (Wildman–Crippen LogP) is 4.04. The molecule has 2 aromatic carbocycles. The Hall–Kier alpha value is -3.46. The van der Waals surface area contributed by atoms with E-state index >= 15 is 0 Å². The molecule has 9 nitrogen and oxygen atoms in total. The molecule has 0 saturated heterocycles. The van der Waals surface area contributed by atoms with Gasteiger partial charge in [-0.1, -0.05) is 12.1 Å². The normalized spacial score (nSPS) is 11.2. The van der Waals surface area contributed by atoms with E-state index in [1.165, 1.54) is 14.2 Å². The van der Waals surface area contributed by atoms with Crippen molar-refractivity contribution in [3.63, 3.8) is 0 Å². The van der Waals surface area contributed by atoms with E-state index < -0.39 is 17.4 Å². The molecule has 0 aliphatic rings. The van der Waals surface area contributed by atoms with Gasteiger partial charge in [-0.25, -0.2) is 0 Å². The van der Waals surface area contributed by atoms with Crippen LogP contribution in [0.15, 0.2) is 36.4 Å². The molecular formula is C29H41NO8. The van der Waals surface area contributed by atoms with Crippen molar-refractivity contribution in [2.45, 2.75) is 38.5 Å². The molecule has 9 heteroatoms. The third-order valence-electron chi connectivity index (χ3n) is 6.45. The highest BCUT2D eigenvalue weighted by atomic mass is 16.6. The molecule has 0 spiro atoms. The average molecular weight is 532 g/mol. The van der Waals surface area contributed by atoms with Gasteiger partial charge in [0.15, 0.2) is 28.4 Å². The summed E-state index contributed by atoms with van der Waals surface area (Å²) in [5.74, 6) is 1.00. The van der Waals surface area contributed by atoms with Gasteiger partial charge in [-0.15, -0.1) is 0 Å². The Labute approximate surface area is 225 Å². The van der Waals surface area contributed by atoms with E-state index in [9.17, 15) is 9.59 Å². The van der Waals surface area contributed by atoms with Crippen molar-refractivity contribution in [2.75, 3.05) is 61.8 Å². The number of nitrogens with zero attached hydrogens (tertiary/aromatic N) is 1. The first-order chi connectivity index (χ1) is 18.3. The van der Waals surface area contributed by atoms with Gasteiger partial charge in [-0.3, -0.25) is 9.59 Å². The number of benzene rings is 2. The fraction of sp³-hybridized carbons (Fsp3) is 0.517. The van der Waals surface area contributed by atoms with Crippen LogP contribution in [0.2, 0.25) is 0 Å². The lowest BCUT2D eigenvalue weighted by Gasteiger charge is -2.31. The van der Waals surface area contributed by atoms with E-state index in [4.69, 9.17) is 28.4 Å². The maximum atomic E-state index is 13.4. The second-order valence-electron chi connectivity index (χ2n) is 8.76. The fourth-order valence-corrected chi connectivity index (χ4v) is 4.36. The van der Waals surface area contributed by atoms with Gasteiger partial charge in [0, 0.05) is 6.54 Å². The minimum atomic E-state index is -1.63. The highest BCUT2D eigenvalue weighted by Gasteiger charge is 2.50. The number of carbonyl (C=O) groups is 2. The summed E-state index contributed by atoms with van der Waals surface area (Å²) in [5.41, 5.74) is -0.0669. The minimum Gasteiger partial charge on any atom is -0.493 e. The summed E-state index contributed by atoms with van der Waals surface area (Å²) in [6.07, 6.45) is 1.56. The molecule has 2 rings (SSSR count). The van der Waals surface area contributed by atoms with Crippen molar-refractivity contribution in [1.82, 2.24) is 4.90 Å². The van der Waals surface area contributed by atoms with Gasteiger partial charge in [-0.2, -0.15) is 0 Å². The maximum Gasteiger partial charge on any atom is 0.328 e. The number of rotatable bonds is 16. The Balaban J connectivity index is 2.24. The van der Waals surface area contributed by atoms with Gasteiger partial charge >= 0.3 is 11.9 Å². The zero-order valence-electron chi connectivity index (χ0n) is 23.6. The van der Waals surface area contributed by atoms with Crippen LogP contribution in [0.1, 0.15) is 37.8 Å². The average Bonchev–Trinajstić information content (AvgIpc) is 2.93. The highest BCUT2D eigenvalue weighted by Crippen LogP contribution is 2.38. The number of hydrogen-bond acceptors (Lipinski definition) is 9. The molecule has 0 unspecified atom stereocenters. The predicted molar refractivity (Wildman–Crippen MR) is 144 cm³/mol.